The van der Waals surface area contributed by atoms with E-state index in [-0.39, 0.29) is 26.5 Å². The SMILES string of the molecule is CCCC1CC1NS(=O)(=O)c1cc(C(=O)O)c(Cl)cc1Cl. The summed E-state index contributed by atoms with van der Waals surface area (Å²) in [6.45, 7) is 2.04. The molecule has 0 saturated heterocycles. The number of sulfonamides is 1. The number of nitrogens with one attached hydrogen (secondary N) is 1. The third kappa shape index (κ3) is 3.69. The predicted octanol–water partition coefficient (Wildman–Crippen LogP) is 3.16. The molecule has 1 aromatic carbocycles. The highest BCUT2D eigenvalue weighted by Crippen LogP contribution is 2.37. The molecule has 1 saturated carbocycles. The molecule has 1 aliphatic carbocycles. The number of aromatic carboxylic acids is 1. The average molecular weight is 352 g/mol. The molecule has 0 radical (unpaired) electrons. The highest BCUT2D eigenvalue weighted by atomic mass is 35.5. The van der Waals surface area contributed by atoms with Crippen LogP contribution in [-0.4, -0.2) is 25.5 Å². The van der Waals surface area contributed by atoms with Gasteiger partial charge in [-0.1, -0.05) is 36.5 Å². The molecule has 116 valence electrons. The summed E-state index contributed by atoms with van der Waals surface area (Å²) in [5.74, 6) is -0.960. The van der Waals surface area contributed by atoms with Gasteiger partial charge in [0.1, 0.15) is 4.90 Å². The Labute approximate surface area is 133 Å². The Morgan fingerprint density at radius 3 is 2.62 bits per heavy atom. The fraction of sp³-hybridized carbons (Fsp3) is 0.462. The highest BCUT2D eigenvalue weighted by Gasteiger charge is 2.39. The number of rotatable bonds is 6. The molecular weight excluding hydrogens is 337 g/mol. The van der Waals surface area contributed by atoms with Crippen molar-refractivity contribution in [2.24, 2.45) is 5.92 Å². The second-order valence-corrected chi connectivity index (χ2v) is 7.58. The van der Waals surface area contributed by atoms with Crippen LogP contribution in [0.4, 0.5) is 0 Å². The molecule has 0 aromatic heterocycles. The molecule has 2 rings (SSSR count). The van der Waals surface area contributed by atoms with Crippen molar-refractivity contribution in [3.8, 4) is 0 Å². The van der Waals surface area contributed by atoms with E-state index in [0.717, 1.165) is 31.4 Å². The zero-order valence-corrected chi connectivity index (χ0v) is 13.6. The Balaban J connectivity index is 2.28. The van der Waals surface area contributed by atoms with Crippen LogP contribution in [-0.2, 0) is 10.0 Å². The van der Waals surface area contributed by atoms with E-state index in [2.05, 4.69) is 4.72 Å². The van der Waals surface area contributed by atoms with Crippen LogP contribution in [0.15, 0.2) is 17.0 Å². The van der Waals surface area contributed by atoms with E-state index in [1.165, 1.54) is 0 Å². The zero-order chi connectivity index (χ0) is 15.8. The number of hydrogen-bond donors (Lipinski definition) is 2. The van der Waals surface area contributed by atoms with Crippen LogP contribution in [0.1, 0.15) is 36.5 Å². The minimum atomic E-state index is -3.86. The first-order valence-corrected chi connectivity index (χ1v) is 8.74. The van der Waals surface area contributed by atoms with Crippen LogP contribution in [0, 0.1) is 5.92 Å². The summed E-state index contributed by atoms with van der Waals surface area (Å²) in [5, 5.41) is 8.82. The van der Waals surface area contributed by atoms with Gasteiger partial charge in [0, 0.05) is 6.04 Å². The monoisotopic (exact) mass is 351 g/mol. The first kappa shape index (κ1) is 16.5. The Bertz CT molecular complexity index is 675. The quantitative estimate of drug-likeness (QED) is 0.824. The standard InChI is InChI=1S/C13H15Cl2NO4S/c1-2-3-7-4-11(7)16-21(19,20)12-5-8(13(17)18)9(14)6-10(12)15/h5-7,11,16H,2-4H2,1H3,(H,17,18). The van der Waals surface area contributed by atoms with E-state index in [0.29, 0.717) is 5.92 Å². The molecule has 0 bridgehead atoms. The van der Waals surface area contributed by atoms with Gasteiger partial charge in [0.15, 0.2) is 0 Å². The Morgan fingerprint density at radius 2 is 2.05 bits per heavy atom. The van der Waals surface area contributed by atoms with Crippen molar-refractivity contribution >= 4 is 39.2 Å². The molecule has 0 heterocycles. The van der Waals surface area contributed by atoms with Crippen molar-refractivity contribution in [2.45, 2.75) is 37.1 Å². The Morgan fingerprint density at radius 1 is 1.38 bits per heavy atom. The van der Waals surface area contributed by atoms with E-state index in [4.69, 9.17) is 28.3 Å². The van der Waals surface area contributed by atoms with Gasteiger partial charge in [-0.05, 0) is 30.9 Å². The Kier molecular flexibility index (Phi) is 4.82. The molecule has 5 nitrogen and oxygen atoms in total. The number of halogens is 2. The first-order valence-electron chi connectivity index (χ1n) is 6.51. The van der Waals surface area contributed by atoms with E-state index < -0.39 is 16.0 Å². The van der Waals surface area contributed by atoms with Crippen LogP contribution in [0.25, 0.3) is 0 Å². The highest BCUT2D eigenvalue weighted by molar-refractivity contribution is 7.89. The van der Waals surface area contributed by atoms with Crippen molar-refractivity contribution in [1.29, 1.82) is 0 Å². The second-order valence-electron chi connectivity index (χ2n) is 5.08. The summed E-state index contributed by atoms with van der Waals surface area (Å²) in [6, 6.07) is 2.03. The van der Waals surface area contributed by atoms with Crippen molar-refractivity contribution in [3.63, 3.8) is 0 Å². The lowest BCUT2D eigenvalue weighted by Gasteiger charge is -2.10. The minimum absolute atomic E-state index is 0.0924. The fourth-order valence-electron chi connectivity index (χ4n) is 2.24. The summed E-state index contributed by atoms with van der Waals surface area (Å²) < 4.78 is 27.2. The zero-order valence-electron chi connectivity index (χ0n) is 11.3. The van der Waals surface area contributed by atoms with E-state index in [9.17, 15) is 13.2 Å². The third-order valence-corrected chi connectivity index (χ3v) is 5.70. The molecule has 1 aromatic rings. The number of hydrogen-bond acceptors (Lipinski definition) is 3. The van der Waals surface area contributed by atoms with Gasteiger partial charge >= 0.3 is 5.97 Å². The number of benzene rings is 1. The van der Waals surface area contributed by atoms with Crippen LogP contribution < -0.4 is 4.72 Å². The van der Waals surface area contributed by atoms with Gasteiger partial charge in [-0.2, -0.15) is 0 Å². The van der Waals surface area contributed by atoms with Gasteiger partial charge in [-0.25, -0.2) is 17.9 Å². The molecule has 0 spiro atoms. The van der Waals surface area contributed by atoms with Gasteiger partial charge in [-0.15, -0.1) is 0 Å². The average Bonchev–Trinajstić information content (AvgIpc) is 3.05. The predicted molar refractivity (Wildman–Crippen MR) is 80.5 cm³/mol. The number of carboxylic acids is 1. The lowest BCUT2D eigenvalue weighted by Crippen LogP contribution is -2.27. The maximum atomic E-state index is 12.3. The van der Waals surface area contributed by atoms with Gasteiger partial charge in [0.2, 0.25) is 10.0 Å². The molecule has 21 heavy (non-hydrogen) atoms. The summed E-state index contributed by atoms with van der Waals surface area (Å²) in [6.07, 6.45) is 2.75. The summed E-state index contributed by atoms with van der Waals surface area (Å²) >= 11 is 11.6. The summed E-state index contributed by atoms with van der Waals surface area (Å²) in [7, 11) is -3.86. The van der Waals surface area contributed by atoms with Crippen LogP contribution in [0.5, 0.6) is 0 Å². The second kappa shape index (κ2) is 6.12. The molecule has 2 unspecified atom stereocenters. The van der Waals surface area contributed by atoms with Crippen LogP contribution in [0.2, 0.25) is 10.0 Å². The maximum absolute atomic E-state index is 12.3. The number of carbonyl (C=O) groups is 1. The molecule has 8 heteroatoms. The largest absolute Gasteiger partial charge is 0.478 e. The summed E-state index contributed by atoms with van der Waals surface area (Å²) in [4.78, 5) is 10.8. The molecule has 1 aliphatic rings. The Hall–Kier alpha value is -0.820. The lowest BCUT2D eigenvalue weighted by atomic mass is 10.2. The van der Waals surface area contributed by atoms with Crippen LogP contribution in [0.3, 0.4) is 0 Å². The minimum Gasteiger partial charge on any atom is -0.478 e. The van der Waals surface area contributed by atoms with Crippen molar-refractivity contribution in [2.75, 3.05) is 0 Å². The lowest BCUT2D eigenvalue weighted by molar-refractivity contribution is 0.0697. The van der Waals surface area contributed by atoms with E-state index in [1.54, 1.807) is 0 Å². The van der Waals surface area contributed by atoms with Gasteiger partial charge in [0.05, 0.1) is 15.6 Å². The first-order chi connectivity index (χ1) is 9.76. The van der Waals surface area contributed by atoms with E-state index >= 15 is 0 Å². The smallest absolute Gasteiger partial charge is 0.337 e. The molecule has 2 N–H and O–H groups in total. The topological polar surface area (TPSA) is 83.5 Å². The third-order valence-electron chi connectivity index (χ3n) is 3.43. The molecule has 0 amide bonds. The molecule has 1 fully saturated rings. The summed E-state index contributed by atoms with van der Waals surface area (Å²) in [5.41, 5.74) is -0.289. The van der Waals surface area contributed by atoms with Crippen LogP contribution >= 0.6 is 23.2 Å². The van der Waals surface area contributed by atoms with Crippen molar-refractivity contribution < 1.29 is 18.3 Å². The van der Waals surface area contributed by atoms with Crippen molar-refractivity contribution in [1.82, 2.24) is 4.72 Å². The maximum Gasteiger partial charge on any atom is 0.337 e. The van der Waals surface area contributed by atoms with Gasteiger partial charge < -0.3 is 5.11 Å². The normalized spacial score (nSPS) is 21.3. The van der Waals surface area contributed by atoms with E-state index in [1.807, 2.05) is 6.92 Å². The van der Waals surface area contributed by atoms with Gasteiger partial charge in [0.25, 0.3) is 0 Å². The van der Waals surface area contributed by atoms with Gasteiger partial charge in [-0.3, -0.25) is 0 Å². The number of carboxylic acid groups (broad SMARTS) is 1. The molecular formula is C13H15Cl2NO4S. The molecule has 2 atom stereocenters. The molecule has 0 aliphatic heterocycles. The fourth-order valence-corrected chi connectivity index (χ4v) is 4.42. The van der Waals surface area contributed by atoms with Crippen molar-refractivity contribution in [3.05, 3.63) is 27.7 Å².